The van der Waals surface area contributed by atoms with Crippen LogP contribution in [-0.4, -0.2) is 38.1 Å². The van der Waals surface area contributed by atoms with Crippen molar-refractivity contribution in [3.63, 3.8) is 0 Å². The molecule has 2 aliphatic rings. The minimum Gasteiger partial charge on any atom is -0.478 e. The van der Waals surface area contributed by atoms with Crippen LogP contribution in [0.2, 0.25) is 5.02 Å². The van der Waals surface area contributed by atoms with Gasteiger partial charge in [-0.05, 0) is 60.4 Å². The summed E-state index contributed by atoms with van der Waals surface area (Å²) in [6.07, 6.45) is 2.63. The lowest BCUT2D eigenvalue weighted by molar-refractivity contribution is 0.0949. The van der Waals surface area contributed by atoms with Crippen molar-refractivity contribution in [2.24, 2.45) is 0 Å². The fraction of sp³-hybridized carbons (Fsp3) is 0.250. The third-order valence-corrected chi connectivity index (χ3v) is 6.72. The van der Waals surface area contributed by atoms with Gasteiger partial charge in [-0.25, -0.2) is 0 Å². The van der Waals surface area contributed by atoms with Crippen LogP contribution in [0.25, 0.3) is 6.08 Å². The number of ether oxygens (including phenoxy) is 2. The predicted molar refractivity (Wildman–Crippen MR) is 136 cm³/mol. The van der Waals surface area contributed by atoms with Crippen LogP contribution in [0.5, 0.6) is 11.5 Å². The summed E-state index contributed by atoms with van der Waals surface area (Å²) in [5.41, 5.74) is 5.56. The highest BCUT2D eigenvalue weighted by Gasteiger charge is 2.35. The summed E-state index contributed by atoms with van der Waals surface area (Å²) in [7, 11) is 4.00. The maximum absolute atomic E-state index is 13.2. The minimum absolute atomic E-state index is 0.0832. The van der Waals surface area contributed by atoms with Gasteiger partial charge in [0.2, 0.25) is 5.78 Å². The van der Waals surface area contributed by atoms with Crippen molar-refractivity contribution in [2.75, 3.05) is 32.3 Å². The highest BCUT2D eigenvalue weighted by molar-refractivity contribution is 6.31. The molecule has 0 fully saturated rings. The number of hydrogen-bond donors (Lipinski definition) is 0. The number of ketones is 1. The largest absolute Gasteiger partial charge is 0.478 e. The summed E-state index contributed by atoms with van der Waals surface area (Å²) in [6, 6.07) is 17.9. The highest BCUT2D eigenvalue weighted by atomic mass is 35.5. The second kappa shape index (κ2) is 9.16. The molecule has 0 radical (unpaired) electrons. The zero-order valence-electron chi connectivity index (χ0n) is 19.6. The third kappa shape index (κ3) is 4.29. The predicted octanol–water partition coefficient (Wildman–Crippen LogP) is 5.73. The molecule has 2 heterocycles. The summed E-state index contributed by atoms with van der Waals surface area (Å²) < 4.78 is 12.2. The standard InChI is InChI=1S/C28H27ClN2O3/c1-18-14-24-22(16-31(17-33-24)13-12-20-6-4-5-7-23(20)29)28-26(18)27(32)25(34-28)15-19-8-10-21(11-9-19)30(2)3/h4-11,14-15H,12-13,16-17H2,1-3H3/b25-15-. The Morgan fingerprint density at radius 1 is 1.12 bits per heavy atom. The van der Waals surface area contributed by atoms with Crippen molar-refractivity contribution in [1.82, 2.24) is 4.90 Å². The molecule has 5 rings (SSSR count). The van der Waals surface area contributed by atoms with E-state index < -0.39 is 0 Å². The van der Waals surface area contributed by atoms with Crippen molar-refractivity contribution in [3.05, 3.63) is 93.2 Å². The van der Waals surface area contributed by atoms with Gasteiger partial charge in [-0.15, -0.1) is 0 Å². The molecule has 0 unspecified atom stereocenters. The fourth-order valence-electron chi connectivity index (χ4n) is 4.42. The molecule has 34 heavy (non-hydrogen) atoms. The van der Waals surface area contributed by atoms with E-state index in [0.29, 0.717) is 30.3 Å². The summed E-state index contributed by atoms with van der Waals surface area (Å²) in [5, 5.41) is 0.777. The second-order valence-electron chi connectivity index (χ2n) is 8.97. The molecule has 0 spiro atoms. The number of rotatable bonds is 5. The van der Waals surface area contributed by atoms with E-state index in [4.69, 9.17) is 21.1 Å². The van der Waals surface area contributed by atoms with Gasteiger partial charge < -0.3 is 14.4 Å². The molecule has 0 aromatic heterocycles. The Bertz CT molecular complexity index is 1280. The lowest BCUT2D eigenvalue weighted by atomic mass is 9.98. The molecule has 0 amide bonds. The molecule has 0 saturated heterocycles. The van der Waals surface area contributed by atoms with E-state index in [1.807, 2.05) is 86.6 Å². The number of anilines is 1. The summed E-state index contributed by atoms with van der Waals surface area (Å²) in [5.74, 6) is 1.67. The van der Waals surface area contributed by atoms with E-state index in [1.54, 1.807) is 0 Å². The Labute approximate surface area is 205 Å². The van der Waals surface area contributed by atoms with Gasteiger partial charge in [-0.2, -0.15) is 0 Å². The van der Waals surface area contributed by atoms with Gasteiger partial charge in [-0.1, -0.05) is 41.9 Å². The quantitative estimate of drug-likeness (QED) is 0.442. The van der Waals surface area contributed by atoms with Crippen molar-refractivity contribution in [3.8, 4) is 11.5 Å². The second-order valence-corrected chi connectivity index (χ2v) is 9.37. The van der Waals surface area contributed by atoms with E-state index in [9.17, 15) is 4.79 Å². The summed E-state index contributed by atoms with van der Waals surface area (Å²) in [4.78, 5) is 17.5. The number of benzene rings is 3. The SMILES string of the molecule is Cc1cc2c(c3c1C(=O)/C(=C/c1ccc(N(C)C)cc1)O3)CN(CCc1ccccc1Cl)CO2. The molecule has 6 heteroatoms. The van der Waals surface area contributed by atoms with E-state index in [-0.39, 0.29) is 5.78 Å². The van der Waals surface area contributed by atoms with E-state index >= 15 is 0 Å². The van der Waals surface area contributed by atoms with Gasteiger partial charge >= 0.3 is 0 Å². The van der Waals surface area contributed by atoms with E-state index in [0.717, 1.165) is 51.7 Å². The maximum Gasteiger partial charge on any atom is 0.232 e. The van der Waals surface area contributed by atoms with Crippen LogP contribution < -0.4 is 14.4 Å². The molecule has 0 saturated carbocycles. The van der Waals surface area contributed by atoms with Crippen LogP contribution in [0.3, 0.4) is 0 Å². The molecule has 3 aromatic carbocycles. The van der Waals surface area contributed by atoms with Crippen LogP contribution in [0.1, 0.15) is 32.6 Å². The molecule has 0 atom stereocenters. The number of hydrogen-bond acceptors (Lipinski definition) is 5. The number of carbonyl (C=O) groups is 1. The van der Waals surface area contributed by atoms with Crippen molar-refractivity contribution >= 4 is 29.1 Å². The molecule has 5 nitrogen and oxygen atoms in total. The molecule has 0 aliphatic carbocycles. The van der Waals surface area contributed by atoms with Crippen molar-refractivity contribution in [1.29, 1.82) is 0 Å². The average Bonchev–Trinajstić information content (AvgIpc) is 3.16. The molecule has 2 aliphatic heterocycles. The van der Waals surface area contributed by atoms with Crippen molar-refractivity contribution in [2.45, 2.75) is 19.9 Å². The van der Waals surface area contributed by atoms with Gasteiger partial charge in [0.1, 0.15) is 18.2 Å². The number of Topliss-reactive ketones (excluding diaryl/α,β-unsaturated/α-hetero) is 1. The Balaban J connectivity index is 1.38. The number of nitrogens with zero attached hydrogens (tertiary/aromatic N) is 2. The third-order valence-electron chi connectivity index (χ3n) is 6.35. The lowest BCUT2D eigenvalue weighted by Gasteiger charge is -2.30. The molecule has 174 valence electrons. The Morgan fingerprint density at radius 2 is 1.88 bits per heavy atom. The molecule has 0 N–H and O–H groups in total. The number of halogens is 1. The first-order valence-corrected chi connectivity index (χ1v) is 11.7. The first-order valence-electron chi connectivity index (χ1n) is 11.4. The molecule has 0 bridgehead atoms. The number of aryl methyl sites for hydroxylation is 1. The maximum atomic E-state index is 13.2. The fourth-order valence-corrected chi connectivity index (χ4v) is 4.65. The molecule has 3 aromatic rings. The first kappa shape index (κ1) is 22.5. The van der Waals surface area contributed by atoms with Crippen LogP contribution in [-0.2, 0) is 13.0 Å². The van der Waals surface area contributed by atoms with Crippen LogP contribution in [0.4, 0.5) is 5.69 Å². The van der Waals surface area contributed by atoms with Crippen LogP contribution in [0, 0.1) is 6.92 Å². The Hall–Kier alpha value is -3.28. The monoisotopic (exact) mass is 474 g/mol. The highest BCUT2D eigenvalue weighted by Crippen LogP contribution is 2.44. The van der Waals surface area contributed by atoms with Gasteiger partial charge in [0, 0.05) is 37.9 Å². The summed E-state index contributed by atoms with van der Waals surface area (Å²) >= 11 is 6.32. The topological polar surface area (TPSA) is 42.0 Å². The summed E-state index contributed by atoms with van der Waals surface area (Å²) in [6.45, 7) is 3.87. The lowest BCUT2D eigenvalue weighted by Crippen LogP contribution is -2.34. The van der Waals surface area contributed by atoms with Gasteiger partial charge in [0.05, 0.1) is 11.1 Å². The van der Waals surface area contributed by atoms with E-state index in [1.165, 1.54) is 0 Å². The molecular formula is C28H27ClN2O3. The smallest absolute Gasteiger partial charge is 0.232 e. The normalized spacial score (nSPS) is 16.1. The number of allylic oxidation sites excluding steroid dienone is 1. The average molecular weight is 475 g/mol. The van der Waals surface area contributed by atoms with Gasteiger partial charge in [0.15, 0.2) is 5.76 Å². The van der Waals surface area contributed by atoms with Gasteiger partial charge in [0.25, 0.3) is 0 Å². The first-order chi connectivity index (χ1) is 16.4. The molecular weight excluding hydrogens is 448 g/mol. The zero-order valence-corrected chi connectivity index (χ0v) is 20.4. The number of carbonyl (C=O) groups excluding carboxylic acids is 1. The minimum atomic E-state index is -0.0832. The van der Waals surface area contributed by atoms with Crippen LogP contribution >= 0.6 is 11.6 Å². The van der Waals surface area contributed by atoms with Crippen molar-refractivity contribution < 1.29 is 14.3 Å². The Kier molecular flexibility index (Phi) is 6.07. The zero-order chi connectivity index (χ0) is 23.8. The Morgan fingerprint density at radius 3 is 2.62 bits per heavy atom. The number of fused-ring (bicyclic) bond motifs is 3. The van der Waals surface area contributed by atoms with Gasteiger partial charge in [-0.3, -0.25) is 9.69 Å². The van der Waals surface area contributed by atoms with E-state index in [2.05, 4.69) is 4.90 Å². The van der Waals surface area contributed by atoms with Crippen LogP contribution in [0.15, 0.2) is 60.4 Å².